The Morgan fingerprint density at radius 3 is 2.96 bits per heavy atom. The van der Waals surface area contributed by atoms with Crippen LogP contribution in [-0.2, 0) is 9.53 Å². The summed E-state index contributed by atoms with van der Waals surface area (Å²) < 4.78 is 11.3. The number of hydrogen-bond donors (Lipinski definition) is 1. The zero-order valence-corrected chi connectivity index (χ0v) is 15.7. The van der Waals surface area contributed by atoms with Gasteiger partial charge in [0.25, 0.3) is 0 Å². The molecular weight excluding hydrogens is 340 g/mol. The molecule has 2 fully saturated rings. The summed E-state index contributed by atoms with van der Waals surface area (Å²) in [5, 5.41) is 3.40. The summed E-state index contributed by atoms with van der Waals surface area (Å²) >= 11 is 0. The van der Waals surface area contributed by atoms with Crippen molar-refractivity contribution in [1.82, 2.24) is 10.2 Å². The summed E-state index contributed by atoms with van der Waals surface area (Å²) in [6.45, 7) is 3.20. The Morgan fingerprint density at radius 1 is 1.36 bits per heavy atom. The summed E-state index contributed by atoms with van der Waals surface area (Å²) in [5.41, 5.74) is 1.08. The highest BCUT2D eigenvalue weighted by atomic mass is 35.5. The molecule has 1 aromatic rings. The third-order valence-electron chi connectivity index (χ3n) is 5.02. The second kappa shape index (κ2) is 10.00. The van der Waals surface area contributed by atoms with Gasteiger partial charge in [0.1, 0.15) is 5.75 Å². The van der Waals surface area contributed by atoms with Crippen molar-refractivity contribution in [3.05, 3.63) is 29.8 Å². The molecule has 2 aliphatic rings. The minimum absolute atomic E-state index is 0. The molecule has 0 radical (unpaired) electrons. The minimum Gasteiger partial charge on any atom is -0.496 e. The smallest absolute Gasteiger partial charge is 0.223 e. The Hall–Kier alpha value is -1.30. The van der Waals surface area contributed by atoms with Crippen LogP contribution in [0.25, 0.3) is 0 Å². The number of ether oxygens (including phenoxy) is 2. The van der Waals surface area contributed by atoms with Crippen molar-refractivity contribution in [3.63, 3.8) is 0 Å². The number of benzene rings is 1. The van der Waals surface area contributed by atoms with Crippen molar-refractivity contribution >= 4 is 18.3 Å². The quantitative estimate of drug-likeness (QED) is 0.868. The molecule has 2 atom stereocenters. The molecule has 3 rings (SSSR count). The number of hydrogen-bond acceptors (Lipinski definition) is 4. The van der Waals surface area contributed by atoms with Crippen LogP contribution in [-0.4, -0.2) is 50.3 Å². The lowest BCUT2D eigenvalue weighted by Crippen LogP contribution is -2.48. The number of halogens is 1. The number of carbonyl (C=O) groups is 1. The molecule has 1 aromatic carbocycles. The number of amides is 1. The van der Waals surface area contributed by atoms with Gasteiger partial charge >= 0.3 is 0 Å². The lowest BCUT2D eigenvalue weighted by molar-refractivity contribution is -0.135. The van der Waals surface area contributed by atoms with Crippen LogP contribution in [0.1, 0.15) is 43.7 Å². The molecule has 2 saturated heterocycles. The first-order chi connectivity index (χ1) is 11.8. The molecule has 140 valence electrons. The van der Waals surface area contributed by atoms with E-state index in [1.807, 2.05) is 23.1 Å². The number of methoxy groups -OCH3 is 1. The third kappa shape index (κ3) is 5.09. The average Bonchev–Trinajstić information content (AvgIpc) is 2.67. The number of nitrogens with zero attached hydrogens (tertiary/aromatic N) is 1. The van der Waals surface area contributed by atoms with E-state index in [9.17, 15) is 4.79 Å². The number of para-hydroxylation sites is 1. The van der Waals surface area contributed by atoms with Gasteiger partial charge in [0, 0.05) is 38.2 Å². The molecule has 2 unspecified atom stereocenters. The summed E-state index contributed by atoms with van der Waals surface area (Å²) in [6.07, 6.45) is 5.12. The molecule has 6 heteroatoms. The Balaban J connectivity index is 0.00000225. The molecule has 0 bridgehead atoms. The van der Waals surface area contributed by atoms with Gasteiger partial charge in [-0.2, -0.15) is 0 Å². The Bertz CT molecular complexity index is 549. The van der Waals surface area contributed by atoms with Crippen LogP contribution in [0.15, 0.2) is 24.3 Å². The SMILES string of the molecule is COc1ccccc1C1CNCCN1C(=O)CCC1CCCCO1.Cl. The highest BCUT2D eigenvalue weighted by molar-refractivity contribution is 5.85. The molecule has 0 aliphatic carbocycles. The molecular formula is C19H29ClN2O3. The molecule has 1 amide bonds. The molecule has 1 N–H and O–H groups in total. The van der Waals surface area contributed by atoms with Gasteiger partial charge in [-0.1, -0.05) is 18.2 Å². The van der Waals surface area contributed by atoms with Crippen LogP contribution >= 0.6 is 12.4 Å². The van der Waals surface area contributed by atoms with E-state index >= 15 is 0 Å². The van der Waals surface area contributed by atoms with Gasteiger partial charge in [-0.05, 0) is 31.7 Å². The van der Waals surface area contributed by atoms with Crippen molar-refractivity contribution in [1.29, 1.82) is 0 Å². The first kappa shape index (κ1) is 20.0. The fourth-order valence-electron chi connectivity index (χ4n) is 3.69. The average molecular weight is 369 g/mol. The number of piperazine rings is 1. The summed E-state index contributed by atoms with van der Waals surface area (Å²) in [6, 6.07) is 8.02. The van der Waals surface area contributed by atoms with Crippen LogP contribution in [0.5, 0.6) is 5.75 Å². The van der Waals surface area contributed by atoms with Crippen molar-refractivity contribution in [2.75, 3.05) is 33.4 Å². The van der Waals surface area contributed by atoms with Crippen LogP contribution in [0, 0.1) is 0 Å². The van der Waals surface area contributed by atoms with Gasteiger partial charge in [0.05, 0.1) is 19.3 Å². The van der Waals surface area contributed by atoms with E-state index in [4.69, 9.17) is 9.47 Å². The van der Waals surface area contributed by atoms with Crippen molar-refractivity contribution in [3.8, 4) is 5.75 Å². The van der Waals surface area contributed by atoms with E-state index in [0.717, 1.165) is 56.8 Å². The van der Waals surface area contributed by atoms with Gasteiger partial charge in [0.15, 0.2) is 0 Å². The van der Waals surface area contributed by atoms with E-state index < -0.39 is 0 Å². The Kier molecular flexibility index (Phi) is 8.00. The zero-order valence-electron chi connectivity index (χ0n) is 14.9. The summed E-state index contributed by atoms with van der Waals surface area (Å²) in [5.74, 6) is 1.07. The minimum atomic E-state index is 0. The normalized spacial score (nSPS) is 23.6. The van der Waals surface area contributed by atoms with Crippen LogP contribution in [0.3, 0.4) is 0 Å². The maximum absolute atomic E-state index is 12.8. The zero-order chi connectivity index (χ0) is 16.8. The van der Waals surface area contributed by atoms with Gasteiger partial charge in [-0.25, -0.2) is 0 Å². The van der Waals surface area contributed by atoms with E-state index in [-0.39, 0.29) is 30.5 Å². The second-order valence-electron chi connectivity index (χ2n) is 6.58. The Morgan fingerprint density at radius 2 is 2.20 bits per heavy atom. The standard InChI is InChI=1S/C19H28N2O3.ClH/c1-23-18-8-3-2-7-16(18)17-14-20-11-12-21(17)19(22)10-9-15-6-4-5-13-24-15;/h2-3,7-8,15,17,20H,4-6,9-14H2,1H3;1H. The molecule has 0 aromatic heterocycles. The van der Waals surface area contributed by atoms with Crippen molar-refractivity contribution in [2.24, 2.45) is 0 Å². The molecule has 0 spiro atoms. The summed E-state index contributed by atoms with van der Waals surface area (Å²) in [7, 11) is 1.68. The van der Waals surface area contributed by atoms with E-state index in [2.05, 4.69) is 11.4 Å². The van der Waals surface area contributed by atoms with Crippen LogP contribution < -0.4 is 10.1 Å². The third-order valence-corrected chi connectivity index (χ3v) is 5.02. The molecule has 25 heavy (non-hydrogen) atoms. The fraction of sp³-hybridized carbons (Fsp3) is 0.632. The summed E-state index contributed by atoms with van der Waals surface area (Å²) in [4.78, 5) is 14.8. The first-order valence-electron chi connectivity index (χ1n) is 9.04. The number of nitrogens with one attached hydrogen (secondary N) is 1. The molecule has 5 nitrogen and oxygen atoms in total. The molecule has 2 aliphatic heterocycles. The monoisotopic (exact) mass is 368 g/mol. The fourth-order valence-corrected chi connectivity index (χ4v) is 3.69. The largest absolute Gasteiger partial charge is 0.496 e. The molecule has 0 saturated carbocycles. The van der Waals surface area contributed by atoms with Crippen molar-refractivity contribution in [2.45, 2.75) is 44.2 Å². The van der Waals surface area contributed by atoms with Crippen molar-refractivity contribution < 1.29 is 14.3 Å². The second-order valence-corrected chi connectivity index (χ2v) is 6.58. The number of carbonyl (C=O) groups excluding carboxylic acids is 1. The predicted molar refractivity (Wildman–Crippen MR) is 100 cm³/mol. The Labute approximate surface area is 156 Å². The van der Waals surface area contributed by atoms with Crippen LogP contribution in [0.2, 0.25) is 0 Å². The van der Waals surface area contributed by atoms with Gasteiger partial charge < -0.3 is 19.7 Å². The molecule has 2 heterocycles. The van der Waals surface area contributed by atoms with Crippen LogP contribution in [0.4, 0.5) is 0 Å². The first-order valence-corrected chi connectivity index (χ1v) is 9.04. The van der Waals surface area contributed by atoms with E-state index in [1.54, 1.807) is 7.11 Å². The topological polar surface area (TPSA) is 50.8 Å². The van der Waals surface area contributed by atoms with E-state index in [0.29, 0.717) is 6.42 Å². The lowest BCUT2D eigenvalue weighted by atomic mass is 10.00. The maximum atomic E-state index is 12.8. The van der Waals surface area contributed by atoms with Gasteiger partial charge in [-0.3, -0.25) is 4.79 Å². The van der Waals surface area contributed by atoms with Gasteiger partial charge in [-0.15, -0.1) is 12.4 Å². The predicted octanol–water partition coefficient (Wildman–Crippen LogP) is 2.94. The maximum Gasteiger partial charge on any atom is 0.223 e. The highest BCUT2D eigenvalue weighted by Crippen LogP contribution is 2.31. The number of rotatable bonds is 5. The van der Waals surface area contributed by atoms with Gasteiger partial charge in [0.2, 0.25) is 5.91 Å². The van der Waals surface area contributed by atoms with E-state index in [1.165, 1.54) is 6.42 Å². The highest BCUT2D eigenvalue weighted by Gasteiger charge is 2.30. The lowest BCUT2D eigenvalue weighted by Gasteiger charge is -2.37.